The van der Waals surface area contributed by atoms with E-state index >= 15 is 0 Å². The quantitative estimate of drug-likeness (QED) is 0.892. The monoisotopic (exact) mass is 338 g/mol. The van der Waals surface area contributed by atoms with Gasteiger partial charge in [-0.3, -0.25) is 0 Å². The van der Waals surface area contributed by atoms with Crippen LogP contribution in [-0.2, 0) is 0 Å². The molecule has 1 aromatic rings. The van der Waals surface area contributed by atoms with Gasteiger partial charge in [-0.2, -0.15) is 0 Å². The first-order chi connectivity index (χ1) is 9.72. The van der Waals surface area contributed by atoms with E-state index in [0.29, 0.717) is 5.54 Å². The molecule has 20 heavy (non-hydrogen) atoms. The molecule has 3 nitrogen and oxygen atoms in total. The van der Waals surface area contributed by atoms with Crippen LogP contribution in [0.5, 0.6) is 5.75 Å². The Labute approximate surface area is 129 Å². The number of methoxy groups -OCH3 is 1. The first kappa shape index (κ1) is 14.2. The molecule has 0 unspecified atom stereocenters. The van der Waals surface area contributed by atoms with E-state index in [4.69, 9.17) is 4.74 Å². The molecule has 0 aromatic heterocycles. The standard InChI is InChI=1S/C16H23BrN2O/c1-20-15-6-5-13(17)11-14(15)19-10-4-9-18-16(12-19)7-2-3-8-16/h5-6,11,18H,2-4,7-10,12H2,1H3. The van der Waals surface area contributed by atoms with Crippen LogP contribution >= 0.6 is 15.9 Å². The van der Waals surface area contributed by atoms with E-state index in [1.807, 2.05) is 6.07 Å². The summed E-state index contributed by atoms with van der Waals surface area (Å²) in [5.74, 6) is 0.975. The molecule has 1 aromatic carbocycles. The third-order valence-electron chi connectivity index (χ3n) is 4.64. The third kappa shape index (κ3) is 2.82. The Morgan fingerprint density at radius 1 is 1.25 bits per heavy atom. The van der Waals surface area contributed by atoms with Crippen molar-refractivity contribution in [1.29, 1.82) is 0 Å². The molecule has 0 atom stereocenters. The normalized spacial score (nSPS) is 22.0. The van der Waals surface area contributed by atoms with Gasteiger partial charge < -0.3 is 15.0 Å². The van der Waals surface area contributed by atoms with Gasteiger partial charge in [-0.1, -0.05) is 28.8 Å². The lowest BCUT2D eigenvalue weighted by Crippen LogP contribution is -2.49. The van der Waals surface area contributed by atoms with Crippen molar-refractivity contribution in [3.63, 3.8) is 0 Å². The summed E-state index contributed by atoms with van der Waals surface area (Å²) in [5, 5.41) is 3.81. The van der Waals surface area contributed by atoms with Crippen molar-refractivity contribution in [2.45, 2.75) is 37.6 Å². The molecule has 1 aliphatic heterocycles. The van der Waals surface area contributed by atoms with E-state index in [-0.39, 0.29) is 0 Å². The van der Waals surface area contributed by atoms with Gasteiger partial charge in [0.2, 0.25) is 0 Å². The lowest BCUT2D eigenvalue weighted by atomic mass is 9.97. The van der Waals surface area contributed by atoms with Crippen molar-refractivity contribution < 1.29 is 4.74 Å². The van der Waals surface area contributed by atoms with Crippen LogP contribution in [0, 0.1) is 0 Å². The van der Waals surface area contributed by atoms with E-state index in [0.717, 1.165) is 29.9 Å². The number of halogens is 1. The van der Waals surface area contributed by atoms with Crippen LogP contribution < -0.4 is 15.0 Å². The van der Waals surface area contributed by atoms with Crippen LogP contribution in [0.1, 0.15) is 32.1 Å². The molecule has 0 radical (unpaired) electrons. The molecule has 0 bridgehead atoms. The van der Waals surface area contributed by atoms with Crippen LogP contribution in [0.2, 0.25) is 0 Å². The minimum Gasteiger partial charge on any atom is -0.495 e. The van der Waals surface area contributed by atoms with Crippen LogP contribution in [0.3, 0.4) is 0 Å². The highest BCUT2D eigenvalue weighted by atomic mass is 79.9. The zero-order chi connectivity index (χ0) is 14.0. The van der Waals surface area contributed by atoms with E-state index in [9.17, 15) is 0 Å². The van der Waals surface area contributed by atoms with Gasteiger partial charge >= 0.3 is 0 Å². The van der Waals surface area contributed by atoms with E-state index in [2.05, 4.69) is 38.3 Å². The number of nitrogens with one attached hydrogen (secondary N) is 1. The van der Waals surface area contributed by atoms with Gasteiger partial charge in [-0.15, -0.1) is 0 Å². The van der Waals surface area contributed by atoms with Crippen LogP contribution in [0.15, 0.2) is 22.7 Å². The molecule has 1 saturated carbocycles. The predicted octanol–water partition coefficient (Wildman–Crippen LogP) is 3.57. The molecule has 2 fully saturated rings. The van der Waals surface area contributed by atoms with Crippen molar-refractivity contribution in [2.24, 2.45) is 0 Å². The highest BCUT2D eigenvalue weighted by Gasteiger charge is 2.37. The highest BCUT2D eigenvalue weighted by Crippen LogP contribution is 2.37. The molecule has 1 N–H and O–H groups in total. The zero-order valence-electron chi connectivity index (χ0n) is 12.1. The summed E-state index contributed by atoms with van der Waals surface area (Å²) in [5.41, 5.74) is 1.54. The van der Waals surface area contributed by atoms with Crippen LogP contribution in [0.4, 0.5) is 5.69 Å². The largest absolute Gasteiger partial charge is 0.495 e. The van der Waals surface area contributed by atoms with E-state index in [1.54, 1.807) is 7.11 Å². The van der Waals surface area contributed by atoms with Gasteiger partial charge in [0.15, 0.2) is 0 Å². The topological polar surface area (TPSA) is 24.5 Å². The summed E-state index contributed by atoms with van der Waals surface area (Å²) in [6, 6.07) is 6.29. The first-order valence-electron chi connectivity index (χ1n) is 7.56. The Balaban J connectivity index is 1.89. The van der Waals surface area contributed by atoms with Crippen LogP contribution in [-0.4, -0.2) is 32.3 Å². The lowest BCUT2D eigenvalue weighted by Gasteiger charge is -2.35. The van der Waals surface area contributed by atoms with E-state index in [1.165, 1.54) is 37.8 Å². The lowest BCUT2D eigenvalue weighted by molar-refractivity contribution is 0.353. The Morgan fingerprint density at radius 3 is 2.80 bits per heavy atom. The van der Waals surface area contributed by atoms with Crippen LogP contribution in [0.25, 0.3) is 0 Å². The van der Waals surface area contributed by atoms with Crippen molar-refractivity contribution >= 4 is 21.6 Å². The molecule has 1 saturated heterocycles. The second-order valence-electron chi connectivity index (χ2n) is 6.01. The highest BCUT2D eigenvalue weighted by molar-refractivity contribution is 9.10. The van der Waals surface area contributed by atoms with E-state index < -0.39 is 0 Å². The zero-order valence-corrected chi connectivity index (χ0v) is 13.7. The summed E-state index contributed by atoms with van der Waals surface area (Å²) in [7, 11) is 1.76. The fraction of sp³-hybridized carbons (Fsp3) is 0.625. The molecule has 4 heteroatoms. The number of nitrogens with zero attached hydrogens (tertiary/aromatic N) is 1. The smallest absolute Gasteiger partial charge is 0.142 e. The number of benzene rings is 1. The fourth-order valence-electron chi connectivity index (χ4n) is 3.63. The van der Waals surface area contributed by atoms with Gasteiger partial charge in [0.1, 0.15) is 5.75 Å². The van der Waals surface area contributed by atoms with Crippen molar-refractivity contribution in [3.8, 4) is 5.75 Å². The number of anilines is 1. The Morgan fingerprint density at radius 2 is 2.05 bits per heavy atom. The van der Waals surface area contributed by atoms with Crippen molar-refractivity contribution in [1.82, 2.24) is 5.32 Å². The van der Waals surface area contributed by atoms with Gasteiger partial charge in [-0.05, 0) is 44.0 Å². The minimum absolute atomic E-state index is 0.323. The van der Waals surface area contributed by atoms with Gasteiger partial charge in [0.25, 0.3) is 0 Å². The minimum atomic E-state index is 0.323. The van der Waals surface area contributed by atoms with Gasteiger partial charge in [-0.25, -0.2) is 0 Å². The average Bonchev–Trinajstić information content (AvgIpc) is 2.79. The predicted molar refractivity (Wildman–Crippen MR) is 86.7 cm³/mol. The molecule has 3 rings (SSSR count). The average molecular weight is 339 g/mol. The molecule has 1 aliphatic carbocycles. The maximum Gasteiger partial charge on any atom is 0.142 e. The number of hydrogen-bond acceptors (Lipinski definition) is 3. The van der Waals surface area contributed by atoms with Gasteiger partial charge in [0.05, 0.1) is 12.8 Å². The summed E-state index contributed by atoms with van der Waals surface area (Å²) in [4.78, 5) is 2.51. The number of ether oxygens (including phenoxy) is 1. The molecular formula is C16H23BrN2O. The fourth-order valence-corrected chi connectivity index (χ4v) is 3.98. The summed E-state index contributed by atoms with van der Waals surface area (Å²) in [6.45, 7) is 3.33. The second kappa shape index (κ2) is 5.94. The molecular weight excluding hydrogens is 316 g/mol. The first-order valence-corrected chi connectivity index (χ1v) is 8.35. The molecule has 110 valence electrons. The van der Waals surface area contributed by atoms with Crippen molar-refractivity contribution in [3.05, 3.63) is 22.7 Å². The SMILES string of the molecule is COc1ccc(Br)cc1N1CCCNC2(CCCC2)C1. The maximum atomic E-state index is 5.56. The molecule has 2 aliphatic rings. The second-order valence-corrected chi connectivity index (χ2v) is 6.92. The van der Waals surface area contributed by atoms with Gasteiger partial charge in [0, 0.05) is 23.1 Å². The molecule has 0 amide bonds. The maximum absolute atomic E-state index is 5.56. The van der Waals surface area contributed by atoms with Crippen molar-refractivity contribution in [2.75, 3.05) is 31.6 Å². The Kier molecular flexibility index (Phi) is 4.22. The molecule has 1 spiro atoms. The molecule has 1 heterocycles. The Hall–Kier alpha value is -0.740. The Bertz CT molecular complexity index is 472. The third-order valence-corrected chi connectivity index (χ3v) is 5.13. The summed E-state index contributed by atoms with van der Waals surface area (Å²) < 4.78 is 6.68. The number of hydrogen-bond donors (Lipinski definition) is 1. The summed E-state index contributed by atoms with van der Waals surface area (Å²) >= 11 is 3.59. The number of rotatable bonds is 2. The summed E-state index contributed by atoms with van der Waals surface area (Å²) in [6.07, 6.45) is 6.52.